The molecule has 0 rings (SSSR count). The second-order valence-electron chi connectivity index (χ2n) is 3.19. The van der Waals surface area contributed by atoms with Crippen LogP contribution < -0.4 is 0 Å². The number of ketones is 1. The summed E-state index contributed by atoms with van der Waals surface area (Å²) < 4.78 is 4.76. The van der Waals surface area contributed by atoms with E-state index in [-0.39, 0.29) is 11.8 Å². The summed E-state index contributed by atoms with van der Waals surface area (Å²) in [7, 11) is 0. The molecule has 0 fully saturated rings. The summed E-state index contributed by atoms with van der Waals surface area (Å²) in [6.45, 7) is 3.48. The van der Waals surface area contributed by atoms with Crippen LogP contribution in [-0.2, 0) is 14.3 Å². The van der Waals surface area contributed by atoms with Crippen molar-refractivity contribution in [3.63, 3.8) is 0 Å². The average molecular weight is 198 g/mol. The van der Waals surface area contributed by atoms with Crippen LogP contribution in [0.1, 0.15) is 39.5 Å². The summed E-state index contributed by atoms with van der Waals surface area (Å²) in [6, 6.07) is 0. The molecule has 0 aliphatic rings. The first-order valence-electron chi connectivity index (χ1n) is 4.90. The Morgan fingerprint density at radius 1 is 1.14 bits per heavy atom. The molecular weight excluding hydrogens is 180 g/mol. The molecule has 0 atom stereocenters. The van der Waals surface area contributed by atoms with Crippen LogP contribution in [0.5, 0.6) is 0 Å². The molecule has 0 bridgehead atoms. The lowest BCUT2D eigenvalue weighted by Crippen LogP contribution is -1.99. The van der Waals surface area contributed by atoms with Gasteiger partial charge in [-0.05, 0) is 26.2 Å². The summed E-state index contributed by atoms with van der Waals surface area (Å²) in [5, 5.41) is 0. The smallest absolute Gasteiger partial charge is 0.302 e. The van der Waals surface area contributed by atoms with E-state index in [0.717, 1.165) is 19.3 Å². The zero-order chi connectivity index (χ0) is 10.8. The van der Waals surface area contributed by atoms with Crippen molar-refractivity contribution >= 4 is 11.8 Å². The molecule has 0 unspecified atom stereocenters. The van der Waals surface area contributed by atoms with E-state index in [4.69, 9.17) is 4.74 Å². The molecule has 0 aromatic rings. The highest BCUT2D eigenvalue weighted by Gasteiger charge is 1.91. The predicted octanol–water partition coefficient (Wildman–Crippen LogP) is 2.26. The minimum Gasteiger partial charge on any atom is -0.466 e. The Morgan fingerprint density at radius 2 is 1.79 bits per heavy atom. The molecule has 0 saturated carbocycles. The maximum absolute atomic E-state index is 10.6. The van der Waals surface area contributed by atoms with Crippen LogP contribution >= 0.6 is 0 Å². The Hall–Kier alpha value is -1.12. The number of carbonyl (C=O) groups is 2. The number of unbranched alkanes of at least 4 members (excludes halogenated alkanes) is 1. The molecule has 80 valence electrons. The molecule has 0 N–H and O–H groups in total. The summed E-state index contributed by atoms with van der Waals surface area (Å²) in [5.41, 5.74) is 0. The number of hydrogen-bond acceptors (Lipinski definition) is 3. The van der Waals surface area contributed by atoms with Crippen LogP contribution in [0, 0.1) is 0 Å². The highest BCUT2D eigenvalue weighted by Crippen LogP contribution is 1.96. The van der Waals surface area contributed by atoms with Crippen LogP contribution in [0.4, 0.5) is 0 Å². The summed E-state index contributed by atoms with van der Waals surface area (Å²) in [6.07, 6.45) is 7.17. The van der Waals surface area contributed by atoms with Gasteiger partial charge in [0.25, 0.3) is 0 Å². The SMILES string of the molecule is CC(=O)CC/C=C/CCCOC(C)=O. The number of esters is 1. The van der Waals surface area contributed by atoms with Crippen LogP contribution in [-0.4, -0.2) is 18.4 Å². The van der Waals surface area contributed by atoms with Gasteiger partial charge in [-0.25, -0.2) is 0 Å². The molecule has 0 spiro atoms. The van der Waals surface area contributed by atoms with Crippen LogP contribution in [0.2, 0.25) is 0 Å². The fourth-order valence-corrected chi connectivity index (χ4v) is 0.939. The highest BCUT2D eigenvalue weighted by molar-refractivity contribution is 5.75. The summed E-state index contributed by atoms with van der Waals surface area (Å²) in [5.74, 6) is -0.0138. The standard InChI is InChI=1S/C11H18O3/c1-10(12)8-6-4-3-5-7-9-14-11(2)13/h3-4H,5-9H2,1-2H3/b4-3+. The quantitative estimate of drug-likeness (QED) is 0.358. The monoisotopic (exact) mass is 198 g/mol. The lowest BCUT2D eigenvalue weighted by atomic mass is 10.2. The number of allylic oxidation sites excluding steroid dienone is 2. The molecule has 0 aromatic carbocycles. The third kappa shape index (κ3) is 10.9. The van der Waals surface area contributed by atoms with Crippen molar-refractivity contribution in [2.75, 3.05) is 6.61 Å². The van der Waals surface area contributed by atoms with Crippen LogP contribution in [0.15, 0.2) is 12.2 Å². The molecule has 0 aliphatic carbocycles. The number of rotatable bonds is 7. The molecule has 3 heteroatoms. The van der Waals surface area contributed by atoms with Crippen molar-refractivity contribution in [1.29, 1.82) is 0 Å². The molecule has 14 heavy (non-hydrogen) atoms. The van der Waals surface area contributed by atoms with Crippen molar-refractivity contribution in [2.45, 2.75) is 39.5 Å². The largest absolute Gasteiger partial charge is 0.466 e. The topological polar surface area (TPSA) is 43.4 Å². The Bertz CT molecular complexity index is 207. The van der Waals surface area contributed by atoms with Gasteiger partial charge in [-0.2, -0.15) is 0 Å². The Kier molecular flexibility index (Phi) is 7.80. The second kappa shape index (κ2) is 8.48. The fraction of sp³-hybridized carbons (Fsp3) is 0.636. The first-order valence-corrected chi connectivity index (χ1v) is 4.90. The van der Waals surface area contributed by atoms with Crippen molar-refractivity contribution in [3.05, 3.63) is 12.2 Å². The van der Waals surface area contributed by atoms with E-state index in [9.17, 15) is 9.59 Å². The normalized spacial score (nSPS) is 10.4. The van der Waals surface area contributed by atoms with E-state index in [1.54, 1.807) is 6.92 Å². The van der Waals surface area contributed by atoms with Gasteiger partial charge in [0.2, 0.25) is 0 Å². The molecule has 0 amide bonds. The Labute approximate surface area is 85.1 Å². The van der Waals surface area contributed by atoms with Gasteiger partial charge < -0.3 is 9.53 Å². The summed E-state index contributed by atoms with van der Waals surface area (Å²) in [4.78, 5) is 20.9. The van der Waals surface area contributed by atoms with Crippen molar-refractivity contribution in [3.8, 4) is 0 Å². The van der Waals surface area contributed by atoms with Gasteiger partial charge >= 0.3 is 5.97 Å². The number of ether oxygens (including phenoxy) is 1. The van der Waals surface area contributed by atoms with Gasteiger partial charge in [0.05, 0.1) is 6.61 Å². The maximum Gasteiger partial charge on any atom is 0.302 e. The molecular formula is C11H18O3. The molecule has 0 aliphatic heterocycles. The second-order valence-corrected chi connectivity index (χ2v) is 3.19. The van der Waals surface area contributed by atoms with E-state index >= 15 is 0 Å². The van der Waals surface area contributed by atoms with Gasteiger partial charge in [-0.1, -0.05) is 12.2 Å². The van der Waals surface area contributed by atoms with Crippen LogP contribution in [0.25, 0.3) is 0 Å². The Morgan fingerprint density at radius 3 is 2.36 bits per heavy atom. The van der Waals surface area contributed by atoms with E-state index in [1.165, 1.54) is 6.92 Å². The maximum atomic E-state index is 10.6. The third-order valence-electron chi connectivity index (χ3n) is 1.65. The molecule has 0 heterocycles. The molecule has 3 nitrogen and oxygen atoms in total. The third-order valence-corrected chi connectivity index (χ3v) is 1.65. The first-order chi connectivity index (χ1) is 6.63. The summed E-state index contributed by atoms with van der Waals surface area (Å²) >= 11 is 0. The minimum absolute atomic E-state index is 0.217. The zero-order valence-electron chi connectivity index (χ0n) is 8.91. The predicted molar refractivity (Wildman–Crippen MR) is 54.9 cm³/mol. The van der Waals surface area contributed by atoms with E-state index in [1.807, 2.05) is 12.2 Å². The number of carbonyl (C=O) groups excluding carboxylic acids is 2. The van der Waals surface area contributed by atoms with Crippen molar-refractivity contribution in [2.24, 2.45) is 0 Å². The fourth-order valence-electron chi connectivity index (χ4n) is 0.939. The van der Waals surface area contributed by atoms with Gasteiger partial charge in [-0.15, -0.1) is 0 Å². The zero-order valence-corrected chi connectivity index (χ0v) is 8.91. The first kappa shape index (κ1) is 12.9. The lowest BCUT2D eigenvalue weighted by Gasteiger charge is -1.97. The molecule has 0 saturated heterocycles. The van der Waals surface area contributed by atoms with Crippen molar-refractivity contribution < 1.29 is 14.3 Å². The van der Waals surface area contributed by atoms with E-state index in [0.29, 0.717) is 13.0 Å². The van der Waals surface area contributed by atoms with Gasteiger partial charge in [0.15, 0.2) is 0 Å². The average Bonchev–Trinajstić information content (AvgIpc) is 2.08. The minimum atomic E-state index is -0.231. The van der Waals surface area contributed by atoms with Gasteiger partial charge in [0, 0.05) is 13.3 Å². The lowest BCUT2D eigenvalue weighted by molar-refractivity contribution is -0.141. The Balaban J connectivity index is 3.19. The molecule has 0 radical (unpaired) electrons. The highest BCUT2D eigenvalue weighted by atomic mass is 16.5. The van der Waals surface area contributed by atoms with E-state index in [2.05, 4.69) is 0 Å². The van der Waals surface area contributed by atoms with E-state index < -0.39 is 0 Å². The number of Topliss-reactive ketones (excluding diaryl/α,β-unsaturated/α-hetero) is 1. The van der Waals surface area contributed by atoms with Crippen LogP contribution in [0.3, 0.4) is 0 Å². The number of hydrogen-bond donors (Lipinski definition) is 0. The van der Waals surface area contributed by atoms with Gasteiger partial charge in [-0.3, -0.25) is 4.79 Å². The van der Waals surface area contributed by atoms with Crippen molar-refractivity contribution in [1.82, 2.24) is 0 Å². The van der Waals surface area contributed by atoms with Gasteiger partial charge in [0.1, 0.15) is 5.78 Å². The molecule has 0 aromatic heterocycles.